The molecule has 1 aliphatic rings. The van der Waals surface area contributed by atoms with E-state index < -0.39 is 0 Å². The highest BCUT2D eigenvalue weighted by molar-refractivity contribution is 5.55. The molecule has 0 amide bonds. The Balaban J connectivity index is 1.65. The first-order chi connectivity index (χ1) is 10.4. The van der Waals surface area contributed by atoms with Crippen LogP contribution in [0.1, 0.15) is 24.1 Å². The van der Waals surface area contributed by atoms with Crippen LogP contribution in [0.4, 0.5) is 5.95 Å². The molecule has 0 N–H and O–H groups in total. The van der Waals surface area contributed by atoms with E-state index in [-0.39, 0.29) is 0 Å². The highest BCUT2D eigenvalue weighted by atomic mass is 15.3. The van der Waals surface area contributed by atoms with E-state index in [0.29, 0.717) is 0 Å². The first-order valence-electron chi connectivity index (χ1n) is 7.40. The Labute approximate surface area is 125 Å². The summed E-state index contributed by atoms with van der Waals surface area (Å²) in [5, 5.41) is 0. The van der Waals surface area contributed by atoms with Gasteiger partial charge in [0.05, 0.1) is 5.69 Å². The van der Waals surface area contributed by atoms with Crippen LogP contribution in [0.5, 0.6) is 0 Å². The number of nitrogens with zero attached hydrogens (tertiary/aromatic N) is 3. The predicted octanol–water partition coefficient (Wildman–Crippen LogP) is 3.80. The Morgan fingerprint density at radius 1 is 0.905 bits per heavy atom. The minimum absolute atomic E-state index is 0.849. The number of benzene rings is 1. The lowest BCUT2D eigenvalue weighted by Crippen LogP contribution is -2.20. The van der Waals surface area contributed by atoms with Gasteiger partial charge in [0.1, 0.15) is 0 Å². The number of rotatable bonds is 4. The van der Waals surface area contributed by atoms with E-state index in [2.05, 4.69) is 33.1 Å². The molecule has 0 spiro atoms. The average Bonchev–Trinajstić information content (AvgIpc) is 3.07. The van der Waals surface area contributed by atoms with E-state index in [1.165, 1.54) is 18.4 Å². The Kier molecular flexibility index (Phi) is 4.42. The summed E-state index contributed by atoms with van der Waals surface area (Å²) in [4.78, 5) is 11.2. The quantitative estimate of drug-likeness (QED) is 0.796. The fraction of sp³-hybridized carbons (Fsp3) is 0.222. The van der Waals surface area contributed by atoms with Gasteiger partial charge < -0.3 is 4.90 Å². The van der Waals surface area contributed by atoms with E-state index in [4.69, 9.17) is 0 Å². The Hall–Kier alpha value is -2.42. The molecule has 2 heterocycles. The number of allylic oxidation sites excluding steroid dienone is 2. The van der Waals surface area contributed by atoms with E-state index in [1.54, 1.807) is 0 Å². The fourth-order valence-corrected chi connectivity index (χ4v) is 2.41. The van der Waals surface area contributed by atoms with Gasteiger partial charge in [0, 0.05) is 19.3 Å². The molecule has 3 heteroatoms. The Morgan fingerprint density at radius 3 is 2.48 bits per heavy atom. The lowest BCUT2D eigenvalue weighted by molar-refractivity contribution is 0.896. The van der Waals surface area contributed by atoms with Crippen LogP contribution in [0.15, 0.2) is 54.7 Å². The highest BCUT2D eigenvalue weighted by Gasteiger charge is 2.14. The molecule has 2 aromatic rings. The maximum absolute atomic E-state index is 4.59. The molecule has 0 radical (unpaired) electrons. The van der Waals surface area contributed by atoms with Gasteiger partial charge in [0.2, 0.25) is 5.95 Å². The lowest BCUT2D eigenvalue weighted by atomic mass is 10.2. The summed E-state index contributed by atoms with van der Waals surface area (Å²) < 4.78 is 0. The molecule has 0 bridgehead atoms. The van der Waals surface area contributed by atoms with Crippen molar-refractivity contribution in [2.75, 3.05) is 18.0 Å². The molecular weight excluding hydrogens is 258 g/mol. The molecule has 106 valence electrons. The maximum Gasteiger partial charge on any atom is 0.225 e. The molecule has 0 atom stereocenters. The lowest BCUT2D eigenvalue weighted by Gasteiger charge is -2.14. The zero-order valence-electron chi connectivity index (χ0n) is 12.0. The Bertz CT molecular complexity index is 626. The van der Waals surface area contributed by atoms with Crippen LogP contribution in [0, 0.1) is 0 Å². The third-order valence-corrected chi connectivity index (χ3v) is 3.52. The summed E-state index contributed by atoms with van der Waals surface area (Å²) in [7, 11) is 0. The van der Waals surface area contributed by atoms with E-state index in [9.17, 15) is 0 Å². The van der Waals surface area contributed by atoms with Crippen molar-refractivity contribution in [1.29, 1.82) is 0 Å². The van der Waals surface area contributed by atoms with Gasteiger partial charge in [0.25, 0.3) is 0 Å². The molecule has 1 fully saturated rings. The van der Waals surface area contributed by atoms with Gasteiger partial charge in [-0.3, -0.25) is 0 Å². The second-order valence-corrected chi connectivity index (χ2v) is 5.10. The second-order valence-electron chi connectivity index (χ2n) is 5.10. The van der Waals surface area contributed by atoms with Gasteiger partial charge >= 0.3 is 0 Å². The van der Waals surface area contributed by atoms with E-state index >= 15 is 0 Å². The monoisotopic (exact) mass is 277 g/mol. The summed E-state index contributed by atoms with van der Waals surface area (Å²) in [5.41, 5.74) is 2.15. The van der Waals surface area contributed by atoms with Crippen molar-refractivity contribution in [2.24, 2.45) is 0 Å². The molecule has 1 aromatic carbocycles. The zero-order chi connectivity index (χ0) is 14.3. The molecule has 1 aromatic heterocycles. The summed E-state index contributed by atoms with van der Waals surface area (Å²) in [6, 6.07) is 12.2. The Morgan fingerprint density at radius 2 is 1.67 bits per heavy atom. The van der Waals surface area contributed by atoms with Gasteiger partial charge in [-0.25, -0.2) is 9.97 Å². The third kappa shape index (κ3) is 3.78. The number of hydrogen-bond acceptors (Lipinski definition) is 3. The summed E-state index contributed by atoms with van der Waals surface area (Å²) in [5.74, 6) is 0.849. The van der Waals surface area contributed by atoms with Crippen molar-refractivity contribution in [3.63, 3.8) is 0 Å². The minimum atomic E-state index is 0.849. The van der Waals surface area contributed by atoms with Crippen molar-refractivity contribution in [3.05, 3.63) is 66.0 Å². The van der Waals surface area contributed by atoms with Crippen LogP contribution < -0.4 is 4.90 Å². The van der Waals surface area contributed by atoms with E-state index in [1.807, 2.05) is 48.7 Å². The van der Waals surface area contributed by atoms with Crippen LogP contribution in [0.3, 0.4) is 0 Å². The standard InChI is InChI=1S/C18H19N3/c1-2-8-16(9-3-1)10-4-5-11-17-12-13-19-18(20-17)21-14-6-7-15-21/h1-5,8-13H,6-7,14-15H2/b10-4+,11-5+. The first kappa shape index (κ1) is 13.6. The summed E-state index contributed by atoms with van der Waals surface area (Å²) in [6.07, 6.45) is 12.5. The molecule has 0 unspecified atom stereocenters. The number of anilines is 1. The average molecular weight is 277 g/mol. The normalized spacial score (nSPS) is 15.3. The third-order valence-electron chi connectivity index (χ3n) is 3.52. The SMILES string of the molecule is C(/C=C/c1ccnc(N2CCCC2)n1)=C\c1ccccc1. The largest absolute Gasteiger partial charge is 0.341 e. The molecule has 1 aliphatic heterocycles. The van der Waals surface area contributed by atoms with Crippen LogP contribution in [0.2, 0.25) is 0 Å². The molecule has 0 aliphatic carbocycles. The van der Waals surface area contributed by atoms with Crippen molar-refractivity contribution >= 4 is 18.1 Å². The topological polar surface area (TPSA) is 29.0 Å². The molecule has 1 saturated heterocycles. The molecular formula is C18H19N3. The zero-order valence-corrected chi connectivity index (χ0v) is 12.0. The molecule has 0 saturated carbocycles. The van der Waals surface area contributed by atoms with Gasteiger partial charge in [0.15, 0.2) is 0 Å². The smallest absolute Gasteiger partial charge is 0.225 e. The van der Waals surface area contributed by atoms with Crippen LogP contribution in [0.25, 0.3) is 12.2 Å². The van der Waals surface area contributed by atoms with Crippen LogP contribution in [-0.4, -0.2) is 23.1 Å². The number of hydrogen-bond donors (Lipinski definition) is 0. The fourth-order valence-electron chi connectivity index (χ4n) is 2.41. The number of aromatic nitrogens is 2. The molecule has 21 heavy (non-hydrogen) atoms. The van der Waals surface area contributed by atoms with Crippen LogP contribution >= 0.6 is 0 Å². The van der Waals surface area contributed by atoms with Gasteiger partial charge in [-0.15, -0.1) is 0 Å². The van der Waals surface area contributed by atoms with Crippen molar-refractivity contribution < 1.29 is 0 Å². The summed E-state index contributed by atoms with van der Waals surface area (Å²) >= 11 is 0. The minimum Gasteiger partial charge on any atom is -0.341 e. The van der Waals surface area contributed by atoms with Crippen molar-refractivity contribution in [1.82, 2.24) is 9.97 Å². The van der Waals surface area contributed by atoms with Crippen molar-refractivity contribution in [2.45, 2.75) is 12.8 Å². The van der Waals surface area contributed by atoms with Crippen LogP contribution in [-0.2, 0) is 0 Å². The first-order valence-corrected chi connectivity index (χ1v) is 7.40. The van der Waals surface area contributed by atoms with E-state index in [0.717, 1.165) is 24.7 Å². The predicted molar refractivity (Wildman–Crippen MR) is 88.0 cm³/mol. The maximum atomic E-state index is 4.59. The highest BCUT2D eigenvalue weighted by Crippen LogP contribution is 2.15. The summed E-state index contributed by atoms with van der Waals surface area (Å²) in [6.45, 7) is 2.14. The van der Waals surface area contributed by atoms with Crippen molar-refractivity contribution in [3.8, 4) is 0 Å². The van der Waals surface area contributed by atoms with Gasteiger partial charge in [-0.1, -0.05) is 48.6 Å². The van der Waals surface area contributed by atoms with Gasteiger partial charge in [-0.05, 0) is 30.5 Å². The van der Waals surface area contributed by atoms with Gasteiger partial charge in [-0.2, -0.15) is 0 Å². The molecule has 3 rings (SSSR count). The second kappa shape index (κ2) is 6.84. The molecule has 3 nitrogen and oxygen atoms in total.